The first-order chi connectivity index (χ1) is 26.7. The van der Waals surface area contributed by atoms with Crippen molar-refractivity contribution in [3.8, 4) is 0 Å². The molecule has 0 atom stereocenters. The monoisotopic (exact) mass is 695 g/mol. The summed E-state index contributed by atoms with van der Waals surface area (Å²) in [6.45, 7) is 0.235. The van der Waals surface area contributed by atoms with Gasteiger partial charge < -0.3 is 5.21 Å². The molecule has 0 bridgehead atoms. The molecule has 0 saturated carbocycles. The first-order valence-electron chi connectivity index (χ1n) is 18.5. The van der Waals surface area contributed by atoms with Gasteiger partial charge in [0.1, 0.15) is 0 Å². The molecule has 2 heteroatoms. The minimum absolute atomic E-state index is 0.235. The van der Waals surface area contributed by atoms with Crippen molar-refractivity contribution < 1.29 is 4.74 Å². The SMILES string of the molecule is [O-]/[N+](=C\c1ccc(C(c2ccccc2)(c2ccccc2)c2ccccc2)cc1)Cc1ccc(C(c2ccccc2)(c2ccccc2)c2ccccc2)cc1. The van der Waals surface area contributed by atoms with E-state index in [2.05, 4.69) is 231 Å². The van der Waals surface area contributed by atoms with Crippen LogP contribution in [0.15, 0.2) is 231 Å². The fourth-order valence-corrected chi connectivity index (χ4v) is 8.20. The van der Waals surface area contributed by atoms with Crippen LogP contribution in [-0.2, 0) is 17.4 Å². The first-order valence-corrected chi connectivity index (χ1v) is 18.5. The summed E-state index contributed by atoms with van der Waals surface area (Å²) < 4.78 is 1.03. The predicted octanol–water partition coefficient (Wildman–Crippen LogP) is 11.6. The zero-order valence-electron chi connectivity index (χ0n) is 30.1. The van der Waals surface area contributed by atoms with Crippen molar-refractivity contribution in [2.24, 2.45) is 0 Å². The zero-order valence-corrected chi connectivity index (χ0v) is 30.1. The summed E-state index contributed by atoms with van der Waals surface area (Å²) in [5.74, 6) is 0. The van der Waals surface area contributed by atoms with Crippen LogP contribution in [0.3, 0.4) is 0 Å². The minimum Gasteiger partial charge on any atom is -0.624 e. The molecule has 0 radical (unpaired) electrons. The molecule has 8 rings (SSSR count). The van der Waals surface area contributed by atoms with E-state index in [1.54, 1.807) is 6.21 Å². The fraction of sp³-hybridized carbons (Fsp3) is 0.0577. The van der Waals surface area contributed by atoms with Crippen LogP contribution in [0.2, 0.25) is 0 Å². The molecule has 54 heavy (non-hydrogen) atoms. The van der Waals surface area contributed by atoms with Crippen molar-refractivity contribution in [1.82, 2.24) is 0 Å². The average Bonchev–Trinajstić information content (AvgIpc) is 3.25. The van der Waals surface area contributed by atoms with Crippen LogP contribution in [0, 0.1) is 5.21 Å². The third-order valence-electron chi connectivity index (χ3n) is 10.6. The lowest BCUT2D eigenvalue weighted by atomic mass is 9.65. The van der Waals surface area contributed by atoms with Gasteiger partial charge in [-0.1, -0.05) is 218 Å². The second-order valence-corrected chi connectivity index (χ2v) is 13.7. The van der Waals surface area contributed by atoms with Crippen LogP contribution in [0.1, 0.15) is 55.6 Å². The highest BCUT2D eigenvalue weighted by atomic mass is 16.5. The number of benzene rings is 8. The van der Waals surface area contributed by atoms with Gasteiger partial charge in [-0.25, -0.2) is 4.74 Å². The lowest BCUT2D eigenvalue weighted by Crippen LogP contribution is -2.31. The number of hydrogen-bond acceptors (Lipinski definition) is 1. The Morgan fingerprint density at radius 3 is 0.833 bits per heavy atom. The van der Waals surface area contributed by atoms with Crippen molar-refractivity contribution in [3.05, 3.63) is 291 Å². The van der Waals surface area contributed by atoms with Crippen molar-refractivity contribution in [2.75, 3.05) is 0 Å². The number of nitrogens with zero attached hydrogens (tertiary/aromatic N) is 1. The highest BCUT2D eigenvalue weighted by Gasteiger charge is 2.39. The molecule has 0 aliphatic heterocycles. The smallest absolute Gasteiger partial charge is 0.182 e. The number of hydroxylamine groups is 1. The van der Waals surface area contributed by atoms with Crippen molar-refractivity contribution in [1.29, 1.82) is 0 Å². The predicted molar refractivity (Wildman–Crippen MR) is 222 cm³/mol. The van der Waals surface area contributed by atoms with Gasteiger partial charge in [-0.15, -0.1) is 0 Å². The first kappa shape index (κ1) is 34.3. The van der Waals surface area contributed by atoms with Crippen LogP contribution in [0.4, 0.5) is 0 Å². The van der Waals surface area contributed by atoms with E-state index in [4.69, 9.17) is 0 Å². The molecule has 0 unspecified atom stereocenters. The Bertz CT molecular complexity index is 2220. The van der Waals surface area contributed by atoms with Gasteiger partial charge in [-0.3, -0.25) is 0 Å². The van der Waals surface area contributed by atoms with Crippen molar-refractivity contribution >= 4 is 6.21 Å². The second-order valence-electron chi connectivity index (χ2n) is 13.7. The average molecular weight is 696 g/mol. The molecule has 0 aliphatic rings. The molecule has 0 N–H and O–H groups in total. The van der Waals surface area contributed by atoms with E-state index in [1.165, 1.54) is 33.4 Å². The van der Waals surface area contributed by atoms with E-state index in [-0.39, 0.29) is 6.54 Å². The Balaban J connectivity index is 1.13. The molecule has 0 spiro atoms. The van der Waals surface area contributed by atoms with Crippen molar-refractivity contribution in [3.63, 3.8) is 0 Å². The van der Waals surface area contributed by atoms with Crippen LogP contribution in [0.5, 0.6) is 0 Å². The van der Waals surface area contributed by atoms with Gasteiger partial charge in [-0.05, 0) is 56.6 Å². The minimum atomic E-state index is -0.532. The van der Waals surface area contributed by atoms with E-state index in [1.807, 2.05) is 0 Å². The maximum absolute atomic E-state index is 13.5. The Labute approximate surface area is 318 Å². The highest BCUT2D eigenvalue weighted by Crippen LogP contribution is 2.46. The number of hydrogen-bond donors (Lipinski definition) is 0. The van der Waals surface area contributed by atoms with Gasteiger partial charge in [0, 0.05) is 11.1 Å². The summed E-state index contributed by atoms with van der Waals surface area (Å²) in [7, 11) is 0. The van der Waals surface area contributed by atoms with E-state index >= 15 is 0 Å². The molecule has 8 aromatic carbocycles. The molecule has 2 nitrogen and oxygen atoms in total. The van der Waals surface area contributed by atoms with Gasteiger partial charge in [-0.2, -0.15) is 0 Å². The molecule has 8 aromatic rings. The largest absolute Gasteiger partial charge is 0.624 e. The quantitative estimate of drug-likeness (QED) is 0.0435. The summed E-state index contributed by atoms with van der Waals surface area (Å²) in [6, 6.07) is 81.0. The fourth-order valence-electron chi connectivity index (χ4n) is 8.20. The molecule has 0 amide bonds. The van der Waals surface area contributed by atoms with Crippen LogP contribution in [-0.4, -0.2) is 11.0 Å². The highest BCUT2D eigenvalue weighted by molar-refractivity contribution is 5.76. The third-order valence-corrected chi connectivity index (χ3v) is 10.6. The lowest BCUT2D eigenvalue weighted by molar-refractivity contribution is -0.469. The van der Waals surface area contributed by atoms with E-state index in [9.17, 15) is 5.21 Å². The van der Waals surface area contributed by atoms with Gasteiger partial charge in [0.2, 0.25) is 0 Å². The Kier molecular flexibility index (Phi) is 9.82. The maximum Gasteiger partial charge on any atom is 0.182 e. The zero-order chi connectivity index (χ0) is 36.6. The molecule has 0 aromatic heterocycles. The molecular formula is C52H41NO. The van der Waals surface area contributed by atoms with Gasteiger partial charge in [0.05, 0.1) is 10.8 Å². The molecule has 0 fully saturated rings. The maximum atomic E-state index is 13.5. The summed E-state index contributed by atoms with van der Waals surface area (Å²) in [5, 5.41) is 13.5. The summed E-state index contributed by atoms with van der Waals surface area (Å²) in [4.78, 5) is 0. The molecule has 0 heterocycles. The van der Waals surface area contributed by atoms with Crippen LogP contribution < -0.4 is 0 Å². The molecule has 260 valence electrons. The van der Waals surface area contributed by atoms with Crippen molar-refractivity contribution in [2.45, 2.75) is 17.4 Å². The van der Waals surface area contributed by atoms with Crippen LogP contribution >= 0.6 is 0 Å². The van der Waals surface area contributed by atoms with Gasteiger partial charge in [0.15, 0.2) is 12.8 Å². The molecular weight excluding hydrogens is 655 g/mol. The summed E-state index contributed by atoms with van der Waals surface area (Å²) in [6.07, 6.45) is 1.69. The Hall–Kier alpha value is -6.77. The summed E-state index contributed by atoms with van der Waals surface area (Å²) in [5.41, 5.74) is 10.1. The van der Waals surface area contributed by atoms with Gasteiger partial charge >= 0.3 is 0 Å². The molecule has 0 aliphatic carbocycles. The van der Waals surface area contributed by atoms with Gasteiger partial charge in [0.25, 0.3) is 0 Å². The van der Waals surface area contributed by atoms with E-state index in [0.29, 0.717) is 0 Å². The second kappa shape index (κ2) is 15.5. The van der Waals surface area contributed by atoms with E-state index < -0.39 is 10.8 Å². The lowest BCUT2D eigenvalue weighted by Gasteiger charge is -2.37. The van der Waals surface area contributed by atoms with Crippen LogP contribution in [0.25, 0.3) is 0 Å². The normalized spacial score (nSPS) is 12.0. The topological polar surface area (TPSA) is 26.1 Å². The third kappa shape index (κ3) is 6.44. The summed E-state index contributed by atoms with van der Waals surface area (Å²) >= 11 is 0. The molecule has 0 saturated heterocycles. The Morgan fingerprint density at radius 2 is 0.556 bits per heavy atom. The standard InChI is InChI=1S/C52H41NO/c54-53(39-41-31-35-49(36-32-41)51(43-19-7-1-8-20-43,44-21-9-2-10-22-44)45-23-11-3-12-24-45)40-42-33-37-50(38-34-42)52(46-25-13-4-14-26-46,47-27-15-5-16-28-47)48-29-17-6-18-30-48/h1-39H,40H2/b53-39-. The number of rotatable bonds is 11. The van der Waals surface area contributed by atoms with E-state index in [0.717, 1.165) is 27.0 Å². The Morgan fingerprint density at radius 1 is 0.315 bits per heavy atom.